The third-order valence-corrected chi connectivity index (χ3v) is 12.5. The van der Waals surface area contributed by atoms with E-state index in [1.165, 1.54) is 138 Å². The molecule has 0 unspecified atom stereocenters. The molecule has 344 valence electrons. The molecule has 0 amide bonds. The molecule has 0 heterocycles. The first-order valence-corrected chi connectivity index (χ1v) is 30.0. The first-order valence-electron chi connectivity index (χ1n) is 23.6. The van der Waals surface area contributed by atoms with Crippen molar-refractivity contribution in [1.82, 2.24) is 0 Å². The molecule has 0 spiro atoms. The van der Waals surface area contributed by atoms with E-state index in [2.05, 4.69) is 204 Å². The molecule has 6 aromatic rings. The zero-order valence-corrected chi connectivity index (χ0v) is 47.1. The molecule has 0 N–H and O–H groups in total. The van der Waals surface area contributed by atoms with Crippen LogP contribution in [0.15, 0.2) is 72.8 Å². The molecule has 3 heteroatoms. The number of hydrogen-bond acceptors (Lipinski definition) is 0. The third-order valence-electron chi connectivity index (χ3n) is 12.5. The monoisotopic (exact) mass is 963 g/mol. The summed E-state index contributed by atoms with van der Waals surface area (Å²) in [4.78, 5) is 0. The molecule has 6 aromatic carbocycles. The Balaban J connectivity index is 0.000000304. The first-order chi connectivity index (χ1) is 29.2. The molecular formula is C60H83Cl2Zr-3. The Hall–Kier alpha value is -2.44. The van der Waals surface area contributed by atoms with Crippen LogP contribution >= 0.6 is 17.0 Å². The average Bonchev–Trinajstić information content (AvgIpc) is 3.81. The summed E-state index contributed by atoms with van der Waals surface area (Å²) in [6, 6.07) is 29.1. The Morgan fingerprint density at radius 1 is 0.444 bits per heavy atom. The van der Waals surface area contributed by atoms with Gasteiger partial charge >= 0.3 is 37.9 Å². The summed E-state index contributed by atoms with van der Waals surface area (Å²) in [5.41, 5.74) is 20.3. The van der Waals surface area contributed by atoms with Crippen molar-refractivity contribution >= 4 is 38.6 Å². The van der Waals surface area contributed by atoms with Crippen LogP contribution in [-0.4, -0.2) is 0 Å². The second kappa shape index (κ2) is 22.8. The zero-order chi connectivity index (χ0) is 47.8. The van der Waals surface area contributed by atoms with Gasteiger partial charge in [-0.05, 0) is 81.7 Å². The number of rotatable bonds is 8. The molecule has 6 rings (SSSR count). The molecule has 0 aromatic heterocycles. The average molecular weight is 966 g/mol. The molecule has 0 saturated carbocycles. The molecular weight excluding hydrogens is 883 g/mol. The van der Waals surface area contributed by atoms with E-state index in [-0.39, 0.29) is 21.7 Å². The van der Waals surface area contributed by atoms with E-state index in [0.717, 1.165) is 0 Å². The second-order valence-corrected chi connectivity index (χ2v) is 25.8. The fraction of sp³-hybridized carbons (Fsp3) is 0.483. The number of unbranched alkanes of at least 4 members (excludes halogenated alkanes) is 2. The topological polar surface area (TPSA) is 0 Å². The van der Waals surface area contributed by atoms with Crippen LogP contribution in [0.2, 0.25) is 0 Å². The molecule has 0 saturated heterocycles. The van der Waals surface area contributed by atoms with Crippen LogP contribution in [-0.2, 0) is 55.3 Å². The van der Waals surface area contributed by atoms with Crippen LogP contribution in [0, 0.1) is 34.6 Å². The van der Waals surface area contributed by atoms with Crippen LogP contribution < -0.4 is 0 Å². The first kappa shape index (κ1) is 54.9. The number of benzene rings is 4. The van der Waals surface area contributed by atoms with E-state index in [0.29, 0.717) is 0 Å². The Morgan fingerprint density at radius 3 is 0.952 bits per heavy atom. The van der Waals surface area contributed by atoms with Gasteiger partial charge in [0.05, 0.1) is 0 Å². The number of halogens is 2. The van der Waals surface area contributed by atoms with Crippen molar-refractivity contribution in [3.8, 4) is 22.3 Å². The van der Waals surface area contributed by atoms with E-state index in [9.17, 15) is 0 Å². The van der Waals surface area contributed by atoms with Gasteiger partial charge in [-0.1, -0.05) is 207 Å². The molecule has 0 aliphatic heterocycles. The molecule has 63 heavy (non-hydrogen) atoms. The maximum atomic E-state index is 4.93. The van der Waals surface area contributed by atoms with Gasteiger partial charge in [-0.25, -0.2) is 0 Å². The summed E-state index contributed by atoms with van der Waals surface area (Å²) >= 11 is -0.826. The minimum atomic E-state index is -0.826. The van der Waals surface area contributed by atoms with Gasteiger partial charge in [0.2, 0.25) is 0 Å². The van der Waals surface area contributed by atoms with Gasteiger partial charge in [-0.3, -0.25) is 0 Å². The van der Waals surface area contributed by atoms with Crippen LogP contribution in [0.3, 0.4) is 0 Å². The van der Waals surface area contributed by atoms with Gasteiger partial charge in [0.1, 0.15) is 0 Å². The van der Waals surface area contributed by atoms with Gasteiger partial charge in [-0.2, -0.15) is 19.1 Å². The van der Waals surface area contributed by atoms with Crippen molar-refractivity contribution < 1.29 is 20.8 Å². The van der Waals surface area contributed by atoms with Crippen molar-refractivity contribution in [2.75, 3.05) is 0 Å². The normalized spacial score (nSPS) is 12.0. The summed E-state index contributed by atoms with van der Waals surface area (Å²) < 4.78 is 0. The van der Waals surface area contributed by atoms with E-state index in [4.69, 9.17) is 17.0 Å². The summed E-state index contributed by atoms with van der Waals surface area (Å²) in [5.74, 6) is 0. The fourth-order valence-electron chi connectivity index (χ4n) is 8.67. The molecule has 0 radical (unpaired) electrons. The summed E-state index contributed by atoms with van der Waals surface area (Å²) in [6.07, 6.45) is 7.37. The van der Waals surface area contributed by atoms with E-state index >= 15 is 0 Å². The standard InChI is InChI=1S/2C29H39.C2H5.2ClH.Zr/c2*1-10-11-12-21-14-25-19(2)13-20(3)27(26(25)15-21)22-16-23(28(4,5)6)18-24(17-22)29(7,8)9;1-2;;;/h2*13-18H,10-12H2,1-9H3;1H2,2H3;2*1H;/q3*-1;;;+2/p-2. The van der Waals surface area contributed by atoms with Gasteiger partial charge in [0.25, 0.3) is 0 Å². The Labute approximate surface area is 405 Å². The molecule has 0 aliphatic rings. The van der Waals surface area contributed by atoms with Gasteiger partial charge < -0.3 is 6.92 Å². The van der Waals surface area contributed by atoms with Gasteiger partial charge in [0.15, 0.2) is 0 Å². The van der Waals surface area contributed by atoms with Crippen molar-refractivity contribution in [3.63, 3.8) is 0 Å². The second-order valence-electron chi connectivity index (χ2n) is 22.0. The molecule has 0 atom stereocenters. The summed E-state index contributed by atoms with van der Waals surface area (Å²) in [7, 11) is 9.87. The zero-order valence-electron chi connectivity index (χ0n) is 43.1. The Kier molecular flexibility index (Phi) is 19.9. The molecule has 0 nitrogen and oxygen atoms in total. The Bertz CT molecular complexity index is 2170. The number of hydrogen-bond donors (Lipinski definition) is 0. The van der Waals surface area contributed by atoms with E-state index in [1.807, 2.05) is 0 Å². The van der Waals surface area contributed by atoms with Crippen molar-refractivity contribution in [3.05, 3.63) is 135 Å². The predicted octanol–water partition coefficient (Wildman–Crippen LogP) is 19.8. The summed E-state index contributed by atoms with van der Waals surface area (Å²) in [6.45, 7) is 46.5. The Morgan fingerprint density at radius 2 is 0.714 bits per heavy atom. The molecule has 0 fully saturated rings. The van der Waals surface area contributed by atoms with Gasteiger partial charge in [-0.15, -0.1) is 55.9 Å². The molecule has 0 bridgehead atoms. The quantitative estimate of drug-likeness (QED) is 0.133. The van der Waals surface area contributed by atoms with E-state index < -0.39 is 20.8 Å². The van der Waals surface area contributed by atoms with Crippen molar-refractivity contribution in [2.45, 2.75) is 192 Å². The van der Waals surface area contributed by atoms with Crippen LogP contribution in [0.1, 0.15) is 185 Å². The minimum absolute atomic E-state index is 0.131. The van der Waals surface area contributed by atoms with Crippen LogP contribution in [0.5, 0.6) is 0 Å². The van der Waals surface area contributed by atoms with Crippen LogP contribution in [0.25, 0.3) is 43.8 Å². The number of fused-ring (bicyclic) bond motifs is 2. The number of aryl methyl sites for hydroxylation is 6. The SMILES string of the molecule is CCCCc1cc2c(-c3cc(C(C)(C)C)cc(C(C)(C)C)c3)c(C)cc(C)c2[cH-]1.CCCCc1cc2c(-c3cc(C(C)(C)C)cc(C(C)(C)C)c3)c(C)cc(C)c2[cH-]1.[CH2-]C.[Cl][Zr][Cl]. The fourth-order valence-corrected chi connectivity index (χ4v) is 8.67. The van der Waals surface area contributed by atoms with Crippen molar-refractivity contribution in [2.24, 2.45) is 0 Å². The summed E-state index contributed by atoms with van der Waals surface area (Å²) in [5, 5.41) is 5.71. The third kappa shape index (κ3) is 14.3. The van der Waals surface area contributed by atoms with Gasteiger partial charge in [0, 0.05) is 0 Å². The van der Waals surface area contributed by atoms with E-state index in [1.54, 1.807) is 6.92 Å². The predicted molar refractivity (Wildman–Crippen MR) is 284 cm³/mol. The molecule has 0 aliphatic carbocycles. The van der Waals surface area contributed by atoms with Crippen LogP contribution in [0.4, 0.5) is 0 Å². The maximum absolute atomic E-state index is 4.93. The van der Waals surface area contributed by atoms with Crippen molar-refractivity contribution in [1.29, 1.82) is 0 Å².